The van der Waals surface area contributed by atoms with Crippen LogP contribution in [0.2, 0.25) is 0 Å². The third kappa shape index (κ3) is 4.20. The topological polar surface area (TPSA) is 93.6 Å². The third-order valence-corrected chi connectivity index (χ3v) is 7.59. The van der Waals surface area contributed by atoms with Gasteiger partial charge >= 0.3 is 12.1 Å². The van der Waals surface area contributed by atoms with Gasteiger partial charge in [-0.05, 0) is 43.5 Å². The number of nitrogens with zero attached hydrogens (tertiary/aromatic N) is 1. The number of pyridine rings is 1. The predicted octanol–water partition coefficient (Wildman–Crippen LogP) is 3.73. The number of ether oxygens (including phenoxy) is 1. The van der Waals surface area contributed by atoms with Gasteiger partial charge in [0.2, 0.25) is 0 Å². The van der Waals surface area contributed by atoms with E-state index in [4.69, 9.17) is 4.74 Å². The highest BCUT2D eigenvalue weighted by Gasteiger charge is 2.47. The number of carbonyl (C=O) groups is 1. The van der Waals surface area contributed by atoms with Crippen molar-refractivity contribution in [2.45, 2.75) is 42.2 Å². The molecule has 162 valence electrons. The van der Waals surface area contributed by atoms with Crippen molar-refractivity contribution in [3.8, 4) is 11.1 Å². The van der Waals surface area contributed by atoms with Gasteiger partial charge in [-0.15, -0.1) is 0 Å². The highest BCUT2D eigenvalue weighted by molar-refractivity contribution is 7.92. The number of rotatable bonds is 5. The van der Waals surface area contributed by atoms with E-state index < -0.39 is 49.7 Å². The van der Waals surface area contributed by atoms with Crippen molar-refractivity contribution in [2.75, 3.05) is 7.11 Å². The molecule has 1 aliphatic carbocycles. The summed E-state index contributed by atoms with van der Waals surface area (Å²) in [5.74, 6) is -2.33. The summed E-state index contributed by atoms with van der Waals surface area (Å²) >= 11 is 0. The molecule has 1 N–H and O–H groups in total. The summed E-state index contributed by atoms with van der Waals surface area (Å²) in [6.45, 7) is 1.74. The molecule has 0 bridgehead atoms. The molecule has 1 heterocycles. The largest absolute Gasteiger partial charge is 0.481 e. The van der Waals surface area contributed by atoms with Gasteiger partial charge in [-0.1, -0.05) is 12.1 Å². The first-order valence-corrected chi connectivity index (χ1v) is 10.6. The van der Waals surface area contributed by atoms with Gasteiger partial charge in [0.1, 0.15) is 0 Å². The maximum Gasteiger partial charge on any atom is 0.417 e. The molecule has 0 saturated heterocycles. The highest BCUT2D eigenvalue weighted by Crippen LogP contribution is 2.42. The van der Waals surface area contributed by atoms with Gasteiger partial charge < -0.3 is 9.84 Å². The van der Waals surface area contributed by atoms with Gasteiger partial charge in [0.25, 0.3) is 0 Å². The molecule has 0 aliphatic heterocycles. The van der Waals surface area contributed by atoms with E-state index in [2.05, 4.69) is 4.98 Å². The number of sulfone groups is 1. The lowest BCUT2D eigenvalue weighted by atomic mass is 10.0. The zero-order valence-electron chi connectivity index (χ0n) is 16.2. The summed E-state index contributed by atoms with van der Waals surface area (Å²) in [7, 11) is -3.20. The number of alkyl halides is 3. The highest BCUT2D eigenvalue weighted by atomic mass is 32.2. The molecule has 3 rings (SSSR count). The van der Waals surface area contributed by atoms with Crippen molar-refractivity contribution in [3.63, 3.8) is 0 Å². The van der Waals surface area contributed by atoms with Crippen LogP contribution in [-0.2, 0) is 25.5 Å². The molecule has 2 aromatic rings. The molecule has 3 atom stereocenters. The van der Waals surface area contributed by atoms with Gasteiger partial charge in [0, 0.05) is 24.6 Å². The minimum absolute atomic E-state index is 0.179. The second kappa shape index (κ2) is 7.99. The van der Waals surface area contributed by atoms with Crippen LogP contribution in [0.1, 0.15) is 24.1 Å². The zero-order chi connectivity index (χ0) is 22.3. The monoisotopic (exact) mass is 443 g/mol. The standard InChI is InChI=1S/C20H20F3NO5S/c1-11-3-4-13(10-24-11)12-5-6-18(16(7-12)20(21,22)23)30(27,28)14-8-15(19(25)26)17(9-14)29-2/h3-7,10,14-15,17H,8-9H2,1-2H3,(H,25,26)/t14-,15-,17-/m0/s1. The fraction of sp³-hybridized carbons (Fsp3) is 0.400. The number of methoxy groups -OCH3 is 1. The van der Waals surface area contributed by atoms with Gasteiger partial charge in [0.15, 0.2) is 9.84 Å². The Balaban J connectivity index is 2.06. The van der Waals surface area contributed by atoms with Crippen molar-refractivity contribution < 1.29 is 36.2 Å². The normalized spacial score (nSPS) is 22.2. The first-order valence-electron chi connectivity index (χ1n) is 9.09. The number of carboxylic acids is 1. The summed E-state index contributed by atoms with van der Waals surface area (Å²) in [6, 6.07) is 6.26. The van der Waals surface area contributed by atoms with E-state index in [1.54, 1.807) is 19.1 Å². The molecule has 6 nitrogen and oxygen atoms in total. The lowest BCUT2D eigenvalue weighted by molar-refractivity contribution is -0.145. The second-order valence-electron chi connectivity index (χ2n) is 7.25. The quantitative estimate of drug-likeness (QED) is 0.757. The van der Waals surface area contributed by atoms with Crippen molar-refractivity contribution in [2.24, 2.45) is 5.92 Å². The minimum atomic E-state index is -4.91. The van der Waals surface area contributed by atoms with Crippen LogP contribution in [-0.4, -0.2) is 42.9 Å². The third-order valence-electron chi connectivity index (χ3n) is 5.36. The molecule has 10 heteroatoms. The van der Waals surface area contributed by atoms with E-state index in [0.29, 0.717) is 11.3 Å². The van der Waals surface area contributed by atoms with Crippen LogP contribution in [0.3, 0.4) is 0 Å². The van der Waals surface area contributed by atoms with Gasteiger partial charge in [0.05, 0.1) is 27.7 Å². The average molecular weight is 443 g/mol. The van der Waals surface area contributed by atoms with Crippen molar-refractivity contribution in [1.82, 2.24) is 4.98 Å². The van der Waals surface area contributed by atoms with E-state index in [9.17, 15) is 31.5 Å². The molecule has 30 heavy (non-hydrogen) atoms. The Hall–Kier alpha value is -2.46. The first kappa shape index (κ1) is 22.2. The second-order valence-corrected chi connectivity index (χ2v) is 9.45. The Morgan fingerprint density at radius 2 is 1.83 bits per heavy atom. The van der Waals surface area contributed by atoms with E-state index in [1.807, 2.05) is 0 Å². The number of carboxylic acid groups (broad SMARTS) is 1. The molecule has 1 saturated carbocycles. The number of aliphatic carboxylic acids is 1. The van der Waals surface area contributed by atoms with Gasteiger partial charge in [-0.25, -0.2) is 8.42 Å². The molecule has 1 aromatic heterocycles. The summed E-state index contributed by atoms with van der Waals surface area (Å²) in [5, 5.41) is 7.99. The predicted molar refractivity (Wildman–Crippen MR) is 102 cm³/mol. The first-order chi connectivity index (χ1) is 13.9. The molecular formula is C20H20F3NO5S. The zero-order valence-corrected chi connectivity index (χ0v) is 17.0. The Morgan fingerprint density at radius 3 is 2.33 bits per heavy atom. The molecule has 1 aliphatic rings. The summed E-state index contributed by atoms with van der Waals surface area (Å²) in [4.78, 5) is 14.6. The van der Waals surface area contributed by atoms with Gasteiger partial charge in [-0.2, -0.15) is 13.2 Å². The summed E-state index contributed by atoms with van der Waals surface area (Å²) < 4.78 is 72.5. The van der Waals surface area contributed by atoms with Crippen LogP contribution in [0.5, 0.6) is 0 Å². The molecule has 0 spiro atoms. The molecular weight excluding hydrogens is 423 g/mol. The van der Waals surface area contributed by atoms with Crippen LogP contribution in [0.15, 0.2) is 41.4 Å². The number of halogens is 3. The molecule has 1 aromatic carbocycles. The number of hydrogen-bond acceptors (Lipinski definition) is 5. The Kier molecular flexibility index (Phi) is 5.92. The number of aromatic nitrogens is 1. The fourth-order valence-electron chi connectivity index (χ4n) is 3.73. The molecule has 0 unspecified atom stereocenters. The number of benzene rings is 1. The smallest absolute Gasteiger partial charge is 0.417 e. The lowest BCUT2D eigenvalue weighted by Crippen LogP contribution is -2.24. The fourth-order valence-corrected chi connectivity index (χ4v) is 5.73. The van der Waals surface area contributed by atoms with Crippen LogP contribution in [0, 0.1) is 12.8 Å². The molecule has 0 amide bonds. The Morgan fingerprint density at radius 1 is 1.17 bits per heavy atom. The van der Waals surface area contributed by atoms with Gasteiger partial charge in [-0.3, -0.25) is 9.78 Å². The lowest BCUT2D eigenvalue weighted by Gasteiger charge is -2.18. The van der Waals surface area contributed by atoms with Crippen LogP contribution in [0.25, 0.3) is 11.1 Å². The van der Waals surface area contributed by atoms with Crippen molar-refractivity contribution in [3.05, 3.63) is 47.8 Å². The number of hydrogen-bond donors (Lipinski definition) is 1. The Bertz CT molecular complexity index is 1050. The van der Waals surface area contributed by atoms with E-state index >= 15 is 0 Å². The minimum Gasteiger partial charge on any atom is -0.481 e. The van der Waals surface area contributed by atoms with Crippen molar-refractivity contribution in [1.29, 1.82) is 0 Å². The van der Waals surface area contributed by atoms with Crippen LogP contribution >= 0.6 is 0 Å². The number of aryl methyl sites for hydroxylation is 1. The van der Waals surface area contributed by atoms with E-state index in [1.165, 1.54) is 19.4 Å². The van der Waals surface area contributed by atoms with E-state index in [0.717, 1.165) is 12.1 Å². The summed E-state index contributed by atoms with van der Waals surface area (Å²) in [6.07, 6.45) is -4.87. The van der Waals surface area contributed by atoms with Crippen LogP contribution < -0.4 is 0 Å². The summed E-state index contributed by atoms with van der Waals surface area (Å²) in [5.41, 5.74) is 0.00362. The average Bonchev–Trinajstić information content (AvgIpc) is 3.13. The Labute approximate surface area is 171 Å². The molecule has 1 fully saturated rings. The van der Waals surface area contributed by atoms with E-state index in [-0.39, 0.29) is 18.4 Å². The SMILES string of the molecule is CO[C@H]1C[C@@H](S(=O)(=O)c2ccc(-c3ccc(C)nc3)cc2C(F)(F)F)C[C@@H]1C(=O)O. The van der Waals surface area contributed by atoms with Crippen molar-refractivity contribution >= 4 is 15.8 Å². The molecule has 0 radical (unpaired) electrons. The maximum absolute atomic E-state index is 13.8. The van der Waals surface area contributed by atoms with Crippen LogP contribution in [0.4, 0.5) is 13.2 Å². The maximum atomic E-state index is 13.8.